The van der Waals surface area contributed by atoms with E-state index in [2.05, 4.69) is 22.0 Å². The highest BCUT2D eigenvalue weighted by atomic mass is 16.6. The van der Waals surface area contributed by atoms with Crippen LogP contribution in [0.4, 0.5) is 0 Å². The Hall–Kier alpha value is -3.28. The Labute approximate surface area is 241 Å². The molecular formula is C30H42N4O7. The summed E-state index contributed by atoms with van der Waals surface area (Å²) in [6, 6.07) is 4.61. The van der Waals surface area contributed by atoms with Crippen molar-refractivity contribution in [3.05, 3.63) is 41.5 Å². The molecule has 3 N–H and O–H groups in total. The first kappa shape index (κ1) is 30.7. The Morgan fingerprint density at radius 1 is 1.00 bits per heavy atom. The second kappa shape index (κ2) is 14.1. The van der Waals surface area contributed by atoms with E-state index in [1.54, 1.807) is 33.1 Å². The first-order valence-electron chi connectivity index (χ1n) is 14.4. The van der Waals surface area contributed by atoms with Crippen LogP contribution in [0.1, 0.15) is 45.1 Å². The molecule has 4 unspecified atom stereocenters. The standard InChI is InChI=1S/C30H42N4O7/c1-20(31-26(35)18-34-12-14-40-15-13-34)28(37)33-25(17-22-8-10-23(39-3)11-9-22)29(38)32-24(16-21-6-4-5-7-21)27(36)30(2)19-41-30/h6,8-11,20,24-25H,4-5,7,12-19H2,1-3H3,(H,31,35)(H,32,38)(H,33,37). The average molecular weight is 571 g/mol. The molecule has 11 nitrogen and oxygen atoms in total. The van der Waals surface area contributed by atoms with Crippen LogP contribution in [0.5, 0.6) is 5.75 Å². The number of amides is 3. The molecule has 0 saturated carbocycles. The Bertz CT molecular complexity index is 1130. The first-order chi connectivity index (χ1) is 19.7. The number of epoxide rings is 1. The Morgan fingerprint density at radius 3 is 2.29 bits per heavy atom. The summed E-state index contributed by atoms with van der Waals surface area (Å²) in [6.45, 7) is 6.24. The molecule has 0 aromatic heterocycles. The number of nitrogens with one attached hydrogen (secondary N) is 3. The van der Waals surface area contributed by atoms with Crippen LogP contribution in [0.25, 0.3) is 0 Å². The van der Waals surface area contributed by atoms with Gasteiger partial charge in [-0.1, -0.05) is 23.8 Å². The number of allylic oxidation sites excluding steroid dienone is 1. The van der Waals surface area contributed by atoms with Crippen molar-refractivity contribution in [2.24, 2.45) is 0 Å². The van der Waals surface area contributed by atoms with Crippen molar-refractivity contribution in [2.45, 2.75) is 69.7 Å². The van der Waals surface area contributed by atoms with Crippen molar-refractivity contribution >= 4 is 23.5 Å². The normalized spacial score (nSPS) is 22.6. The fourth-order valence-electron chi connectivity index (χ4n) is 5.10. The molecule has 0 spiro atoms. The number of rotatable bonds is 14. The molecule has 3 amide bonds. The van der Waals surface area contributed by atoms with Crippen molar-refractivity contribution in [3.63, 3.8) is 0 Å². The number of carbonyl (C=O) groups excluding carboxylic acids is 4. The summed E-state index contributed by atoms with van der Waals surface area (Å²) in [5, 5.41) is 8.45. The maximum Gasteiger partial charge on any atom is 0.243 e. The Kier molecular flexibility index (Phi) is 10.5. The van der Waals surface area contributed by atoms with E-state index in [0.29, 0.717) is 45.1 Å². The monoisotopic (exact) mass is 570 g/mol. The van der Waals surface area contributed by atoms with Gasteiger partial charge in [-0.2, -0.15) is 0 Å². The van der Waals surface area contributed by atoms with Gasteiger partial charge in [0, 0.05) is 19.5 Å². The van der Waals surface area contributed by atoms with E-state index < -0.39 is 35.5 Å². The van der Waals surface area contributed by atoms with E-state index in [9.17, 15) is 19.2 Å². The van der Waals surface area contributed by atoms with Gasteiger partial charge >= 0.3 is 0 Å². The topological polar surface area (TPSA) is 139 Å². The van der Waals surface area contributed by atoms with Gasteiger partial charge in [0.2, 0.25) is 17.7 Å². The maximum atomic E-state index is 13.7. The van der Waals surface area contributed by atoms with Gasteiger partial charge in [-0.25, -0.2) is 0 Å². The molecule has 0 radical (unpaired) electrons. The van der Waals surface area contributed by atoms with Gasteiger partial charge in [0.1, 0.15) is 23.4 Å². The number of morpholine rings is 1. The van der Waals surface area contributed by atoms with E-state index in [4.69, 9.17) is 14.2 Å². The zero-order valence-electron chi connectivity index (χ0n) is 24.2. The average Bonchev–Trinajstić information content (AvgIpc) is 3.51. The molecule has 3 aliphatic rings. The molecule has 2 fully saturated rings. The number of ether oxygens (including phenoxy) is 3. The number of nitrogens with zero attached hydrogens (tertiary/aromatic N) is 1. The number of ketones is 1. The lowest BCUT2D eigenvalue weighted by Gasteiger charge is -2.27. The minimum Gasteiger partial charge on any atom is -0.497 e. The summed E-state index contributed by atoms with van der Waals surface area (Å²) in [5.74, 6) is -0.741. The van der Waals surface area contributed by atoms with Gasteiger partial charge in [0.25, 0.3) is 0 Å². The van der Waals surface area contributed by atoms with Crippen molar-refractivity contribution < 1.29 is 33.4 Å². The molecule has 2 saturated heterocycles. The Balaban J connectivity index is 1.44. The van der Waals surface area contributed by atoms with Gasteiger partial charge in [0.05, 0.1) is 39.5 Å². The molecule has 1 aromatic carbocycles. The number of hydrogen-bond acceptors (Lipinski definition) is 8. The second-order valence-corrected chi connectivity index (χ2v) is 11.2. The number of Topliss-reactive ketones (excluding diaryl/α,β-unsaturated/α-hetero) is 1. The molecule has 4 atom stereocenters. The number of benzene rings is 1. The highest BCUT2D eigenvalue weighted by Crippen LogP contribution is 2.31. The fraction of sp³-hybridized carbons (Fsp3) is 0.600. The summed E-state index contributed by atoms with van der Waals surface area (Å²) < 4.78 is 15.9. The quantitative estimate of drug-likeness (QED) is 0.222. The van der Waals surface area contributed by atoms with Crippen LogP contribution in [0.3, 0.4) is 0 Å². The number of methoxy groups -OCH3 is 1. The van der Waals surface area contributed by atoms with Crippen LogP contribution in [-0.2, 0) is 35.1 Å². The van der Waals surface area contributed by atoms with Crippen LogP contribution in [0.15, 0.2) is 35.9 Å². The second-order valence-electron chi connectivity index (χ2n) is 11.2. The van der Waals surface area contributed by atoms with Crippen LogP contribution < -0.4 is 20.7 Å². The van der Waals surface area contributed by atoms with Gasteiger partial charge in [-0.3, -0.25) is 24.1 Å². The highest BCUT2D eigenvalue weighted by molar-refractivity contribution is 5.98. The molecule has 1 aliphatic carbocycles. The predicted octanol–water partition coefficient (Wildman–Crippen LogP) is 0.903. The van der Waals surface area contributed by atoms with E-state index in [1.807, 2.05) is 17.0 Å². The molecule has 11 heteroatoms. The van der Waals surface area contributed by atoms with Gasteiger partial charge < -0.3 is 30.2 Å². The Morgan fingerprint density at radius 2 is 1.68 bits per heavy atom. The third-order valence-electron chi connectivity index (χ3n) is 7.81. The summed E-state index contributed by atoms with van der Waals surface area (Å²) in [5.41, 5.74) is 1.04. The molecule has 2 aliphatic heterocycles. The van der Waals surface area contributed by atoms with E-state index >= 15 is 0 Å². The van der Waals surface area contributed by atoms with Gasteiger partial charge in [0.15, 0.2) is 5.78 Å². The largest absolute Gasteiger partial charge is 0.497 e. The van der Waals surface area contributed by atoms with Crippen molar-refractivity contribution in [2.75, 3.05) is 46.6 Å². The number of carbonyl (C=O) groups is 4. The SMILES string of the molecule is COc1ccc(CC(NC(=O)C(C)NC(=O)CN2CCOCC2)C(=O)NC(CC2=CCCC2)C(=O)C2(C)CO2)cc1. The first-order valence-corrected chi connectivity index (χ1v) is 14.4. The summed E-state index contributed by atoms with van der Waals surface area (Å²) in [6.07, 6.45) is 5.62. The molecule has 0 bridgehead atoms. The zero-order valence-corrected chi connectivity index (χ0v) is 24.2. The minimum atomic E-state index is -0.977. The summed E-state index contributed by atoms with van der Waals surface area (Å²) in [7, 11) is 1.57. The molecular weight excluding hydrogens is 528 g/mol. The van der Waals surface area contributed by atoms with Crippen molar-refractivity contribution in [1.29, 1.82) is 0 Å². The van der Waals surface area contributed by atoms with Crippen LogP contribution >= 0.6 is 0 Å². The number of hydrogen-bond donors (Lipinski definition) is 3. The fourth-order valence-corrected chi connectivity index (χ4v) is 5.10. The third kappa shape index (κ3) is 8.85. The smallest absolute Gasteiger partial charge is 0.243 e. The lowest BCUT2D eigenvalue weighted by atomic mass is 9.94. The summed E-state index contributed by atoms with van der Waals surface area (Å²) in [4.78, 5) is 54.7. The van der Waals surface area contributed by atoms with E-state index in [0.717, 1.165) is 30.4 Å². The molecule has 1 aromatic rings. The van der Waals surface area contributed by atoms with Gasteiger partial charge in [-0.05, 0) is 57.2 Å². The molecule has 2 heterocycles. The molecule has 4 rings (SSSR count). The summed E-state index contributed by atoms with van der Waals surface area (Å²) >= 11 is 0. The van der Waals surface area contributed by atoms with Crippen molar-refractivity contribution in [3.8, 4) is 5.75 Å². The minimum absolute atomic E-state index is 0.164. The van der Waals surface area contributed by atoms with E-state index in [-0.39, 0.29) is 24.7 Å². The highest BCUT2D eigenvalue weighted by Gasteiger charge is 2.50. The van der Waals surface area contributed by atoms with Crippen LogP contribution in [0.2, 0.25) is 0 Å². The van der Waals surface area contributed by atoms with Gasteiger partial charge in [-0.15, -0.1) is 0 Å². The van der Waals surface area contributed by atoms with Crippen LogP contribution in [0, 0.1) is 0 Å². The predicted molar refractivity (Wildman–Crippen MR) is 151 cm³/mol. The van der Waals surface area contributed by atoms with E-state index in [1.165, 1.54) is 0 Å². The maximum absolute atomic E-state index is 13.7. The third-order valence-corrected chi connectivity index (χ3v) is 7.81. The van der Waals surface area contributed by atoms with Crippen molar-refractivity contribution in [1.82, 2.24) is 20.9 Å². The molecule has 41 heavy (non-hydrogen) atoms. The lowest BCUT2D eigenvalue weighted by Crippen LogP contribution is -2.57. The molecule has 224 valence electrons. The van der Waals surface area contributed by atoms with Crippen LogP contribution in [-0.4, -0.2) is 98.7 Å². The zero-order chi connectivity index (χ0) is 29.4. The lowest BCUT2D eigenvalue weighted by molar-refractivity contribution is -0.134.